The molecule has 0 aromatic heterocycles. The van der Waals surface area contributed by atoms with E-state index in [2.05, 4.69) is 0 Å². The van der Waals surface area contributed by atoms with E-state index in [1.165, 1.54) is 31.4 Å². The Morgan fingerprint density at radius 2 is 2.04 bits per heavy atom. The lowest BCUT2D eigenvalue weighted by molar-refractivity contribution is -0.384. The van der Waals surface area contributed by atoms with Crippen LogP contribution in [0.3, 0.4) is 0 Å². The first kappa shape index (κ1) is 19.1. The van der Waals surface area contributed by atoms with Gasteiger partial charge in [-0.25, -0.2) is 4.79 Å². The van der Waals surface area contributed by atoms with Crippen LogP contribution in [0.4, 0.5) is 5.69 Å². The Hall–Kier alpha value is -2.67. The number of allylic oxidation sites excluding steroid dienone is 1. The summed E-state index contributed by atoms with van der Waals surface area (Å²) in [4.78, 5) is 37.6. The minimum Gasteiger partial charge on any atom is -0.465 e. The molecule has 0 atom stereocenters. The van der Waals surface area contributed by atoms with E-state index in [9.17, 15) is 19.7 Å². The quantitative estimate of drug-likeness (QED) is 0.337. The van der Waals surface area contributed by atoms with Crippen LogP contribution in [0.2, 0.25) is 5.02 Å². The highest BCUT2D eigenvalue weighted by Crippen LogP contribution is 2.38. The third kappa shape index (κ3) is 3.47. The van der Waals surface area contributed by atoms with Gasteiger partial charge in [-0.05, 0) is 31.9 Å². The second-order valence-electron chi connectivity index (χ2n) is 6.59. The topological polar surface area (TPSA) is 89.8 Å². The number of hydrogen-bond donors (Lipinski definition) is 0. The van der Waals surface area contributed by atoms with E-state index in [0.29, 0.717) is 11.3 Å². The second kappa shape index (κ2) is 7.52. The molecule has 0 radical (unpaired) electrons. The number of carbonyl (C=O) groups excluding carboxylic acids is 2. The highest BCUT2D eigenvalue weighted by Gasteiger charge is 2.41. The molecule has 0 N–H and O–H groups in total. The summed E-state index contributed by atoms with van der Waals surface area (Å²) in [7, 11) is 1.25. The normalized spacial score (nSPS) is 19.3. The van der Waals surface area contributed by atoms with Crippen molar-refractivity contribution in [3.8, 4) is 0 Å². The Morgan fingerprint density at radius 1 is 1.37 bits per heavy atom. The summed E-state index contributed by atoms with van der Waals surface area (Å²) in [6.45, 7) is 1.72. The van der Waals surface area contributed by atoms with Gasteiger partial charge in [0.15, 0.2) is 0 Å². The van der Waals surface area contributed by atoms with Crippen LogP contribution in [0.1, 0.15) is 38.2 Å². The van der Waals surface area contributed by atoms with Crippen molar-refractivity contribution in [3.05, 3.63) is 55.7 Å². The van der Waals surface area contributed by atoms with E-state index in [1.54, 1.807) is 11.8 Å². The molecular formula is C19H19ClN2O5. The van der Waals surface area contributed by atoms with E-state index in [4.69, 9.17) is 16.3 Å². The zero-order chi connectivity index (χ0) is 19.7. The molecule has 1 aromatic carbocycles. The van der Waals surface area contributed by atoms with Crippen LogP contribution in [-0.2, 0) is 14.3 Å². The van der Waals surface area contributed by atoms with E-state index in [-0.39, 0.29) is 33.8 Å². The fourth-order valence-electron chi connectivity index (χ4n) is 3.71. The van der Waals surface area contributed by atoms with E-state index in [1.807, 2.05) is 0 Å². The number of halogens is 1. The van der Waals surface area contributed by atoms with E-state index in [0.717, 1.165) is 25.7 Å². The number of nitro benzene ring substituents is 1. The smallest absolute Gasteiger partial charge is 0.340 e. The summed E-state index contributed by atoms with van der Waals surface area (Å²) in [6, 6.07) is 4.01. The van der Waals surface area contributed by atoms with Gasteiger partial charge in [-0.1, -0.05) is 24.4 Å². The molecule has 3 rings (SSSR count). The van der Waals surface area contributed by atoms with Gasteiger partial charge in [0.25, 0.3) is 11.6 Å². The zero-order valence-corrected chi connectivity index (χ0v) is 15.8. The van der Waals surface area contributed by atoms with Gasteiger partial charge in [0.05, 0.1) is 23.2 Å². The Morgan fingerprint density at radius 3 is 2.63 bits per heavy atom. The van der Waals surface area contributed by atoms with Crippen molar-refractivity contribution >= 4 is 35.2 Å². The summed E-state index contributed by atoms with van der Waals surface area (Å²) < 4.78 is 4.87. The predicted molar refractivity (Wildman–Crippen MR) is 99.9 cm³/mol. The van der Waals surface area contributed by atoms with Crippen molar-refractivity contribution in [2.75, 3.05) is 7.11 Å². The van der Waals surface area contributed by atoms with E-state index >= 15 is 0 Å². The minimum atomic E-state index is -0.617. The lowest BCUT2D eigenvalue weighted by Gasteiger charge is -2.25. The molecule has 142 valence electrons. The lowest BCUT2D eigenvalue weighted by atomic mass is 10.0. The number of ether oxygens (including phenoxy) is 1. The van der Waals surface area contributed by atoms with Gasteiger partial charge in [0.2, 0.25) is 0 Å². The number of benzene rings is 1. The average Bonchev–Trinajstić information content (AvgIpc) is 3.23. The SMILES string of the molecule is COC(=O)C1=C(C)N(C2CCCC2)C(=O)/C1=C\c1cc([N+](=O)[O-])ccc1Cl. The maximum atomic E-state index is 13.1. The lowest BCUT2D eigenvalue weighted by Crippen LogP contribution is -2.34. The molecule has 27 heavy (non-hydrogen) atoms. The molecule has 1 aromatic rings. The summed E-state index contributed by atoms with van der Waals surface area (Å²) >= 11 is 6.16. The monoisotopic (exact) mass is 390 g/mol. The van der Waals surface area contributed by atoms with Gasteiger partial charge in [0.1, 0.15) is 0 Å². The van der Waals surface area contributed by atoms with Crippen molar-refractivity contribution in [3.63, 3.8) is 0 Å². The Balaban J connectivity index is 2.11. The number of nitrogens with zero attached hydrogens (tertiary/aromatic N) is 2. The molecule has 0 unspecified atom stereocenters. The Labute approximate surface area is 161 Å². The third-order valence-corrected chi connectivity index (χ3v) is 5.36. The molecule has 2 aliphatic rings. The molecule has 1 aliphatic carbocycles. The molecule has 0 spiro atoms. The molecule has 7 nitrogen and oxygen atoms in total. The first-order valence-electron chi connectivity index (χ1n) is 8.64. The highest BCUT2D eigenvalue weighted by molar-refractivity contribution is 6.32. The van der Waals surface area contributed by atoms with Crippen LogP contribution in [0.25, 0.3) is 6.08 Å². The summed E-state index contributed by atoms with van der Waals surface area (Å²) in [5, 5.41) is 11.3. The van der Waals surface area contributed by atoms with Gasteiger partial charge < -0.3 is 9.64 Å². The zero-order valence-electron chi connectivity index (χ0n) is 15.0. The van der Waals surface area contributed by atoms with Gasteiger partial charge in [-0.15, -0.1) is 0 Å². The number of carbonyl (C=O) groups is 2. The molecule has 8 heteroatoms. The summed E-state index contributed by atoms with van der Waals surface area (Å²) in [5.74, 6) is -0.920. The van der Waals surface area contributed by atoms with Crippen LogP contribution in [-0.4, -0.2) is 34.9 Å². The number of esters is 1. The highest BCUT2D eigenvalue weighted by atomic mass is 35.5. The minimum absolute atomic E-state index is 0.0450. The molecule has 0 bridgehead atoms. The van der Waals surface area contributed by atoms with Gasteiger partial charge in [-0.3, -0.25) is 14.9 Å². The standard InChI is InChI=1S/C19H19ClN2O5/c1-11-17(19(24)27-2)15(18(23)21(11)13-5-3-4-6-13)10-12-9-14(22(25)26)7-8-16(12)20/h7-10,13H,3-6H2,1-2H3/b15-10-. The van der Waals surface area contributed by atoms with Crippen molar-refractivity contribution in [2.24, 2.45) is 0 Å². The van der Waals surface area contributed by atoms with Crippen molar-refractivity contribution in [1.29, 1.82) is 0 Å². The number of non-ortho nitro benzene ring substituents is 1. The van der Waals surface area contributed by atoms with Crippen LogP contribution in [0, 0.1) is 10.1 Å². The Bertz CT molecular complexity index is 884. The molecule has 1 heterocycles. The number of rotatable bonds is 4. The number of amides is 1. The largest absolute Gasteiger partial charge is 0.465 e. The molecule has 1 amide bonds. The Kier molecular flexibility index (Phi) is 5.32. The first-order chi connectivity index (χ1) is 12.8. The first-order valence-corrected chi connectivity index (χ1v) is 9.01. The second-order valence-corrected chi connectivity index (χ2v) is 6.99. The summed E-state index contributed by atoms with van der Waals surface area (Å²) in [5.41, 5.74) is 1.03. The average molecular weight is 391 g/mol. The van der Waals surface area contributed by atoms with Crippen LogP contribution < -0.4 is 0 Å². The van der Waals surface area contributed by atoms with Crippen molar-refractivity contribution < 1.29 is 19.2 Å². The van der Waals surface area contributed by atoms with Crippen molar-refractivity contribution in [2.45, 2.75) is 38.6 Å². The maximum absolute atomic E-state index is 13.1. The van der Waals surface area contributed by atoms with Gasteiger partial charge >= 0.3 is 5.97 Å². The van der Waals surface area contributed by atoms with Gasteiger partial charge in [-0.2, -0.15) is 0 Å². The van der Waals surface area contributed by atoms with Crippen LogP contribution in [0.5, 0.6) is 0 Å². The molecule has 1 fully saturated rings. The van der Waals surface area contributed by atoms with Gasteiger partial charge in [0, 0.05) is 34.5 Å². The molecule has 0 saturated heterocycles. The van der Waals surface area contributed by atoms with Crippen LogP contribution >= 0.6 is 11.6 Å². The van der Waals surface area contributed by atoms with Crippen LogP contribution in [0.15, 0.2) is 35.0 Å². The maximum Gasteiger partial charge on any atom is 0.340 e. The number of methoxy groups -OCH3 is 1. The third-order valence-electron chi connectivity index (χ3n) is 5.01. The van der Waals surface area contributed by atoms with E-state index < -0.39 is 10.9 Å². The fraction of sp³-hybridized carbons (Fsp3) is 0.368. The fourth-order valence-corrected chi connectivity index (χ4v) is 3.88. The predicted octanol–water partition coefficient (Wildman–Crippen LogP) is 3.86. The molecule has 1 saturated carbocycles. The molecular weight excluding hydrogens is 372 g/mol. The number of nitro groups is 1. The van der Waals surface area contributed by atoms with Crippen molar-refractivity contribution in [1.82, 2.24) is 4.90 Å². The molecule has 1 aliphatic heterocycles. The summed E-state index contributed by atoms with van der Waals surface area (Å²) in [6.07, 6.45) is 5.25. The number of hydrogen-bond acceptors (Lipinski definition) is 5.